The van der Waals surface area contributed by atoms with E-state index in [4.69, 9.17) is 4.74 Å². The topological polar surface area (TPSA) is 86.1 Å². The maximum atomic E-state index is 12.7. The first kappa shape index (κ1) is 23.7. The van der Waals surface area contributed by atoms with Gasteiger partial charge in [0, 0.05) is 17.0 Å². The van der Waals surface area contributed by atoms with E-state index in [-0.39, 0.29) is 11.7 Å². The number of esters is 1. The first-order chi connectivity index (χ1) is 15.4. The summed E-state index contributed by atoms with van der Waals surface area (Å²) in [5.41, 5.74) is 3.42. The largest absolute Gasteiger partial charge is 0.465 e. The molecule has 0 bridgehead atoms. The van der Waals surface area contributed by atoms with Crippen LogP contribution in [0.2, 0.25) is 0 Å². The summed E-state index contributed by atoms with van der Waals surface area (Å²) >= 11 is 2.67. The van der Waals surface area contributed by atoms with E-state index in [1.165, 1.54) is 30.2 Å². The van der Waals surface area contributed by atoms with Crippen LogP contribution in [-0.4, -0.2) is 39.5 Å². The van der Waals surface area contributed by atoms with Crippen LogP contribution in [0.4, 0.5) is 5.00 Å². The number of amides is 1. The van der Waals surface area contributed by atoms with Gasteiger partial charge in [-0.25, -0.2) is 4.79 Å². The van der Waals surface area contributed by atoms with Gasteiger partial charge < -0.3 is 10.1 Å². The first-order valence-electron chi connectivity index (χ1n) is 10.1. The number of benzene rings is 1. The molecule has 0 radical (unpaired) electrons. The van der Waals surface area contributed by atoms with Crippen molar-refractivity contribution in [3.05, 3.63) is 58.5 Å². The molecule has 2 heterocycles. The average Bonchev–Trinajstić information content (AvgIpc) is 3.31. The molecular formula is C23H26N4O3S2. The molecule has 1 N–H and O–H groups in total. The van der Waals surface area contributed by atoms with Crippen LogP contribution in [0.3, 0.4) is 0 Å². The van der Waals surface area contributed by atoms with Crippen LogP contribution in [0.25, 0.3) is 11.4 Å². The van der Waals surface area contributed by atoms with Gasteiger partial charge in [-0.05, 0) is 31.9 Å². The van der Waals surface area contributed by atoms with Crippen molar-refractivity contribution in [2.24, 2.45) is 0 Å². The zero-order valence-electron chi connectivity index (χ0n) is 18.6. The van der Waals surface area contributed by atoms with Crippen molar-refractivity contribution in [2.75, 3.05) is 18.2 Å². The van der Waals surface area contributed by atoms with Gasteiger partial charge in [-0.3, -0.25) is 9.36 Å². The fourth-order valence-electron chi connectivity index (χ4n) is 3.39. The molecule has 2 aromatic heterocycles. The quantitative estimate of drug-likeness (QED) is 0.272. The molecule has 7 nitrogen and oxygen atoms in total. The van der Waals surface area contributed by atoms with Gasteiger partial charge in [-0.15, -0.1) is 28.1 Å². The highest BCUT2D eigenvalue weighted by Gasteiger charge is 2.23. The van der Waals surface area contributed by atoms with E-state index in [0.717, 1.165) is 27.4 Å². The molecule has 0 spiro atoms. The third-order valence-corrected chi connectivity index (χ3v) is 6.87. The van der Waals surface area contributed by atoms with E-state index in [9.17, 15) is 9.59 Å². The number of thioether (sulfide) groups is 1. The normalized spacial score (nSPS) is 10.8. The molecule has 3 aromatic rings. The van der Waals surface area contributed by atoms with Gasteiger partial charge in [-0.2, -0.15) is 0 Å². The number of nitrogens with zero attached hydrogens (tertiary/aromatic N) is 3. The number of hydrogen-bond acceptors (Lipinski definition) is 7. The number of hydrogen-bond donors (Lipinski definition) is 1. The highest BCUT2D eigenvalue weighted by atomic mass is 32.2. The molecule has 0 fully saturated rings. The Labute approximate surface area is 195 Å². The Kier molecular flexibility index (Phi) is 7.87. The van der Waals surface area contributed by atoms with Crippen LogP contribution >= 0.6 is 23.1 Å². The number of carbonyl (C=O) groups excluding carboxylic acids is 2. The Balaban J connectivity index is 1.77. The van der Waals surface area contributed by atoms with E-state index in [1.54, 1.807) is 6.08 Å². The highest BCUT2D eigenvalue weighted by molar-refractivity contribution is 7.99. The van der Waals surface area contributed by atoms with Crippen LogP contribution < -0.4 is 5.32 Å². The van der Waals surface area contributed by atoms with Crippen molar-refractivity contribution in [3.63, 3.8) is 0 Å². The Bertz CT molecular complexity index is 1150. The van der Waals surface area contributed by atoms with Crippen molar-refractivity contribution in [1.82, 2.24) is 14.8 Å². The number of allylic oxidation sites excluding steroid dienone is 1. The summed E-state index contributed by atoms with van der Waals surface area (Å²) < 4.78 is 6.85. The maximum Gasteiger partial charge on any atom is 0.341 e. The molecule has 1 aromatic carbocycles. The Hall–Kier alpha value is -2.91. The molecule has 3 rings (SSSR count). The SMILES string of the molecule is C=CCn1c(SCC(=O)Nc2sc(C)c(CC)c2C(=O)OC)nnc1-c1cccc(C)c1. The van der Waals surface area contributed by atoms with Gasteiger partial charge in [0.15, 0.2) is 11.0 Å². The first-order valence-corrected chi connectivity index (χ1v) is 11.9. The molecule has 32 heavy (non-hydrogen) atoms. The number of methoxy groups -OCH3 is 1. The predicted octanol–water partition coefficient (Wildman–Crippen LogP) is 4.89. The lowest BCUT2D eigenvalue weighted by molar-refractivity contribution is -0.113. The zero-order chi connectivity index (χ0) is 23.3. The molecule has 0 aliphatic rings. The number of ether oxygens (including phenoxy) is 1. The van der Waals surface area contributed by atoms with Crippen LogP contribution in [0, 0.1) is 13.8 Å². The smallest absolute Gasteiger partial charge is 0.341 e. The van der Waals surface area contributed by atoms with E-state index in [2.05, 4.69) is 22.1 Å². The van der Waals surface area contributed by atoms with Crippen LogP contribution in [0.15, 0.2) is 42.1 Å². The van der Waals surface area contributed by atoms with E-state index < -0.39 is 5.97 Å². The standard InChI is InChI=1S/C23H26N4O3S2/c1-6-11-27-20(16-10-8-9-14(3)12-16)25-26-23(27)31-13-18(28)24-21-19(22(29)30-5)17(7-2)15(4)32-21/h6,8-10,12H,1,7,11,13H2,2-5H3,(H,24,28). The van der Waals surface area contributed by atoms with Crippen molar-refractivity contribution < 1.29 is 14.3 Å². The minimum Gasteiger partial charge on any atom is -0.465 e. The summed E-state index contributed by atoms with van der Waals surface area (Å²) in [4.78, 5) is 25.9. The molecule has 0 aliphatic carbocycles. The number of nitrogens with one attached hydrogen (secondary N) is 1. The average molecular weight is 471 g/mol. The molecule has 0 atom stereocenters. The van der Waals surface area contributed by atoms with E-state index >= 15 is 0 Å². The number of aromatic nitrogens is 3. The van der Waals surface area contributed by atoms with Gasteiger partial charge in [0.2, 0.25) is 5.91 Å². The lowest BCUT2D eigenvalue weighted by Crippen LogP contribution is -2.16. The highest BCUT2D eigenvalue weighted by Crippen LogP contribution is 2.34. The van der Waals surface area contributed by atoms with E-state index in [1.807, 2.05) is 49.6 Å². The monoisotopic (exact) mass is 470 g/mol. The lowest BCUT2D eigenvalue weighted by Gasteiger charge is -2.09. The second-order valence-corrected chi connectivity index (χ2v) is 9.27. The maximum absolute atomic E-state index is 12.7. The second-order valence-electron chi connectivity index (χ2n) is 7.10. The van der Waals surface area contributed by atoms with Gasteiger partial charge in [0.25, 0.3) is 0 Å². The molecule has 1 amide bonds. The number of aryl methyl sites for hydroxylation is 2. The van der Waals surface area contributed by atoms with Crippen molar-refractivity contribution in [1.29, 1.82) is 0 Å². The van der Waals surface area contributed by atoms with Crippen LogP contribution in [-0.2, 0) is 22.5 Å². The molecule has 0 saturated heterocycles. The summed E-state index contributed by atoms with van der Waals surface area (Å²) in [6, 6.07) is 8.03. The third-order valence-electron chi connectivity index (χ3n) is 4.84. The molecule has 168 valence electrons. The summed E-state index contributed by atoms with van der Waals surface area (Å²) in [6.07, 6.45) is 2.46. The molecule has 9 heteroatoms. The fraction of sp³-hybridized carbons (Fsp3) is 0.304. The van der Waals surface area contributed by atoms with Crippen LogP contribution in [0.5, 0.6) is 0 Å². The summed E-state index contributed by atoms with van der Waals surface area (Å²) in [5.74, 6) is 0.185. The minimum atomic E-state index is -0.442. The van der Waals surface area contributed by atoms with Crippen molar-refractivity contribution in [3.8, 4) is 11.4 Å². The summed E-state index contributed by atoms with van der Waals surface area (Å²) in [6.45, 7) is 10.3. The second kappa shape index (κ2) is 10.6. The molecule has 0 unspecified atom stereocenters. The number of carbonyl (C=O) groups is 2. The fourth-order valence-corrected chi connectivity index (χ4v) is 5.29. The van der Waals surface area contributed by atoms with Crippen molar-refractivity contribution >= 4 is 40.0 Å². The molecule has 0 saturated carbocycles. The van der Waals surface area contributed by atoms with Gasteiger partial charge in [0.1, 0.15) is 5.00 Å². The Morgan fingerprint density at radius 2 is 2.09 bits per heavy atom. The van der Waals surface area contributed by atoms with Gasteiger partial charge in [0.05, 0.1) is 18.4 Å². The predicted molar refractivity (Wildman–Crippen MR) is 130 cm³/mol. The number of rotatable bonds is 9. The molecular weight excluding hydrogens is 444 g/mol. The Morgan fingerprint density at radius 3 is 2.75 bits per heavy atom. The van der Waals surface area contributed by atoms with E-state index in [0.29, 0.717) is 28.7 Å². The Morgan fingerprint density at radius 1 is 1.31 bits per heavy atom. The zero-order valence-corrected chi connectivity index (χ0v) is 20.2. The third kappa shape index (κ3) is 5.11. The number of thiophene rings is 1. The summed E-state index contributed by atoms with van der Waals surface area (Å²) in [7, 11) is 1.34. The van der Waals surface area contributed by atoms with Gasteiger partial charge >= 0.3 is 5.97 Å². The van der Waals surface area contributed by atoms with Gasteiger partial charge in [-0.1, -0.05) is 48.5 Å². The molecule has 0 aliphatic heterocycles. The summed E-state index contributed by atoms with van der Waals surface area (Å²) in [5, 5.41) is 12.6. The lowest BCUT2D eigenvalue weighted by atomic mass is 10.1. The van der Waals surface area contributed by atoms with Crippen molar-refractivity contribution in [2.45, 2.75) is 38.9 Å². The minimum absolute atomic E-state index is 0.127. The van der Waals surface area contributed by atoms with Crippen LogP contribution in [0.1, 0.15) is 33.3 Å². The number of anilines is 1.